The predicted octanol–water partition coefficient (Wildman–Crippen LogP) is 9.05. The van der Waals surface area contributed by atoms with Crippen molar-refractivity contribution in [3.05, 3.63) is 47.3 Å². The van der Waals surface area contributed by atoms with Crippen molar-refractivity contribution in [3.63, 3.8) is 0 Å². The highest BCUT2D eigenvalue weighted by molar-refractivity contribution is 14.1. The summed E-state index contributed by atoms with van der Waals surface area (Å²) in [5.74, 6) is 0.0242. The molecule has 2 aliphatic rings. The number of allylic oxidation sites excluding steroid dienone is 2. The number of alkyl halides is 2. The van der Waals surface area contributed by atoms with E-state index < -0.39 is 30.2 Å². The van der Waals surface area contributed by atoms with E-state index in [-0.39, 0.29) is 39.2 Å². The Kier molecular flexibility index (Phi) is 22.5. The average molecular weight is 1010 g/mol. The minimum absolute atomic E-state index is 0.00197. The molecule has 0 aromatic rings. The molecule has 0 fully saturated rings. The van der Waals surface area contributed by atoms with Gasteiger partial charge >= 0.3 is 5.97 Å². The van der Waals surface area contributed by atoms with Gasteiger partial charge < -0.3 is 43.0 Å². The lowest BCUT2D eigenvalue weighted by Crippen LogP contribution is -2.37. The van der Waals surface area contributed by atoms with Gasteiger partial charge in [0.2, 0.25) is 0 Å². The first-order chi connectivity index (χ1) is 24.5. The summed E-state index contributed by atoms with van der Waals surface area (Å²) in [6, 6.07) is 3.25. The van der Waals surface area contributed by atoms with Crippen LogP contribution in [0.25, 0.3) is 0 Å². The maximum atomic E-state index is 13.7. The lowest BCUT2D eigenvalue weighted by atomic mass is 10.0. The summed E-state index contributed by atoms with van der Waals surface area (Å²) in [5.41, 5.74) is 2.08. The minimum atomic E-state index is -1.27. The molecule has 0 amide bonds. The standard InChI is InChI=1S/C37H68I2N2O8Si3/c1-11-46-37(42)35-34(49-30-45-21-24-52(8,9)10)27-41(18-15-32(26-39)48-29-44-20-23-51(5,6)7)33-13-12-16-40(36(33)35)17-14-31(25-38)47-28-43-19-22-50(2,3)4/h12-13,16,27,31-32H,11,14-15,17-26,28-30H2,1-10H3. The van der Waals surface area contributed by atoms with E-state index >= 15 is 0 Å². The van der Waals surface area contributed by atoms with Gasteiger partial charge in [-0.05, 0) is 50.0 Å². The first-order valence-corrected chi connectivity index (χ1v) is 32.9. The van der Waals surface area contributed by atoms with E-state index in [4.69, 9.17) is 33.2 Å². The van der Waals surface area contributed by atoms with Gasteiger partial charge in [0.25, 0.3) is 0 Å². The number of rotatable bonds is 28. The van der Waals surface area contributed by atoms with E-state index in [9.17, 15) is 4.79 Å². The number of ether oxygens (including phenoxy) is 7. The van der Waals surface area contributed by atoms with Gasteiger partial charge in [-0.3, -0.25) is 0 Å². The highest BCUT2D eigenvalue weighted by Gasteiger charge is 2.35. The molecule has 10 nitrogen and oxygen atoms in total. The molecule has 0 saturated carbocycles. The largest absolute Gasteiger partial charge is 0.465 e. The van der Waals surface area contributed by atoms with E-state index in [0.29, 0.717) is 31.0 Å². The Labute approximate surface area is 345 Å². The molecule has 0 N–H and O–H groups in total. The molecule has 2 rings (SSSR count). The van der Waals surface area contributed by atoms with Crippen molar-refractivity contribution >= 4 is 75.4 Å². The van der Waals surface area contributed by atoms with Crippen LogP contribution in [0.5, 0.6) is 0 Å². The van der Waals surface area contributed by atoms with Gasteiger partial charge in [-0.15, -0.1) is 0 Å². The topological polar surface area (TPSA) is 88.2 Å². The van der Waals surface area contributed by atoms with Crippen LogP contribution in [0.2, 0.25) is 77.1 Å². The Hall–Kier alpha value is -0.259. The molecule has 15 heteroatoms. The third kappa shape index (κ3) is 19.6. The van der Waals surface area contributed by atoms with Crippen molar-refractivity contribution in [1.29, 1.82) is 0 Å². The Morgan fingerprint density at radius 2 is 1.21 bits per heavy atom. The summed E-state index contributed by atoms with van der Waals surface area (Å²) in [6.45, 7) is 27.1. The molecule has 0 aromatic heterocycles. The maximum Gasteiger partial charge on any atom is 0.344 e. The zero-order chi connectivity index (χ0) is 38.8. The number of fused-ring (bicyclic) bond motifs is 1. The quantitative estimate of drug-likeness (QED) is 0.0189. The normalized spacial score (nSPS) is 16.5. The fourth-order valence-corrected chi connectivity index (χ4v) is 8.66. The van der Waals surface area contributed by atoms with Gasteiger partial charge in [0.05, 0.1) is 30.2 Å². The molecule has 2 aliphatic heterocycles. The zero-order valence-corrected chi connectivity index (χ0v) is 41.0. The van der Waals surface area contributed by atoms with Crippen LogP contribution < -0.4 is 0 Å². The van der Waals surface area contributed by atoms with Crippen molar-refractivity contribution in [2.24, 2.45) is 0 Å². The van der Waals surface area contributed by atoms with Crippen LogP contribution in [0.15, 0.2) is 47.3 Å². The van der Waals surface area contributed by atoms with Crippen LogP contribution in [-0.4, -0.2) is 121 Å². The maximum absolute atomic E-state index is 13.7. The average Bonchev–Trinajstić information content (AvgIpc) is 3.05. The van der Waals surface area contributed by atoms with Gasteiger partial charge in [0.1, 0.15) is 19.2 Å². The fourth-order valence-electron chi connectivity index (χ4n) is 5.00. The van der Waals surface area contributed by atoms with Crippen LogP contribution in [-0.2, 0) is 38.0 Å². The zero-order valence-electron chi connectivity index (χ0n) is 33.7. The summed E-state index contributed by atoms with van der Waals surface area (Å²) >= 11 is 4.76. The van der Waals surface area contributed by atoms with Crippen LogP contribution in [0.4, 0.5) is 0 Å². The molecule has 0 aromatic carbocycles. The number of esters is 1. The summed E-state index contributed by atoms with van der Waals surface area (Å²) < 4.78 is 43.6. The van der Waals surface area contributed by atoms with E-state index in [1.54, 1.807) is 0 Å². The number of halogens is 2. The highest BCUT2D eigenvalue weighted by atomic mass is 127. The van der Waals surface area contributed by atoms with Crippen LogP contribution in [0.1, 0.15) is 19.8 Å². The van der Waals surface area contributed by atoms with E-state index in [0.717, 1.165) is 64.4 Å². The Balaban J connectivity index is 2.28. The van der Waals surface area contributed by atoms with Crippen LogP contribution in [0, 0.1) is 0 Å². The van der Waals surface area contributed by atoms with Crippen molar-refractivity contribution < 1.29 is 38.0 Å². The first-order valence-electron chi connectivity index (χ1n) is 18.7. The Bertz CT molecular complexity index is 1200. The smallest absolute Gasteiger partial charge is 0.344 e. The second-order valence-corrected chi connectivity index (χ2v) is 35.5. The number of nitrogens with zero attached hydrogens (tertiary/aromatic N) is 2. The molecular weight excluding hydrogens is 938 g/mol. The van der Waals surface area contributed by atoms with Gasteiger partial charge in [-0.25, -0.2) is 4.79 Å². The molecule has 2 atom stereocenters. The number of carbonyl (C=O) groups is 1. The molecule has 300 valence electrons. The van der Waals surface area contributed by atoms with Crippen molar-refractivity contribution in [2.75, 3.05) is 68.8 Å². The lowest BCUT2D eigenvalue weighted by molar-refractivity contribution is -0.139. The molecule has 52 heavy (non-hydrogen) atoms. The summed E-state index contributed by atoms with van der Waals surface area (Å²) in [6.07, 6.45) is 9.56. The van der Waals surface area contributed by atoms with Crippen molar-refractivity contribution in [2.45, 2.75) is 109 Å². The summed E-state index contributed by atoms with van der Waals surface area (Å²) in [4.78, 5) is 18.0. The van der Waals surface area contributed by atoms with Gasteiger partial charge in [-0.2, -0.15) is 0 Å². The molecule has 0 spiro atoms. The minimum Gasteiger partial charge on any atom is -0.465 e. The van der Waals surface area contributed by atoms with E-state index in [2.05, 4.69) is 120 Å². The van der Waals surface area contributed by atoms with E-state index in [1.165, 1.54) is 0 Å². The predicted molar refractivity (Wildman–Crippen MR) is 237 cm³/mol. The number of carbonyl (C=O) groups excluding carboxylic acids is 1. The highest BCUT2D eigenvalue weighted by Crippen LogP contribution is 2.37. The molecule has 0 saturated heterocycles. The van der Waals surface area contributed by atoms with E-state index in [1.807, 2.05) is 25.4 Å². The van der Waals surface area contributed by atoms with Crippen LogP contribution >= 0.6 is 45.2 Å². The molecule has 2 heterocycles. The van der Waals surface area contributed by atoms with Crippen molar-refractivity contribution in [1.82, 2.24) is 9.80 Å². The molecule has 0 radical (unpaired) electrons. The molecule has 0 aliphatic carbocycles. The summed E-state index contributed by atoms with van der Waals surface area (Å²) in [7, 11) is -3.59. The SMILES string of the molecule is CCOC(=O)C1=C2C(=CC=CN2CCC(CI)OCOCC[Si](C)(C)C)N(CCC(CI)OCOCC[Si](C)(C)C)C=C1OCOCC[Si](C)(C)C. The second kappa shape index (κ2) is 24.4. The van der Waals surface area contributed by atoms with Gasteiger partial charge in [0.15, 0.2) is 12.6 Å². The molecule has 0 bridgehead atoms. The lowest BCUT2D eigenvalue weighted by Gasteiger charge is -2.39. The first kappa shape index (κ1) is 47.9. The second-order valence-electron chi connectivity index (χ2n) is 16.8. The third-order valence-corrected chi connectivity index (χ3v) is 15.5. The summed E-state index contributed by atoms with van der Waals surface area (Å²) in [5, 5.41) is 0. The monoisotopic (exact) mass is 1010 g/mol. The number of hydrogen-bond acceptors (Lipinski definition) is 10. The molecule has 2 unspecified atom stereocenters. The third-order valence-electron chi connectivity index (χ3n) is 8.38. The molecular formula is C37H68I2N2O8Si3. The number of hydrogen-bond donors (Lipinski definition) is 0. The van der Waals surface area contributed by atoms with Gasteiger partial charge in [-0.1, -0.05) is 104 Å². The Morgan fingerprint density at radius 3 is 1.67 bits per heavy atom. The van der Waals surface area contributed by atoms with Crippen LogP contribution in [0.3, 0.4) is 0 Å². The fraction of sp³-hybridized carbons (Fsp3) is 0.757. The Morgan fingerprint density at radius 1 is 0.731 bits per heavy atom. The van der Waals surface area contributed by atoms with Crippen molar-refractivity contribution in [3.8, 4) is 0 Å². The van der Waals surface area contributed by atoms with Gasteiger partial charge in [0, 0.05) is 78.4 Å².